The molecule has 2 aromatic rings. The molecule has 0 bridgehead atoms. The molecule has 0 saturated heterocycles. The first-order valence-electron chi connectivity index (χ1n) is 8.73. The molecule has 0 aliphatic heterocycles. The van der Waals surface area contributed by atoms with E-state index in [1.165, 1.54) is 33.4 Å². The first-order valence-corrected chi connectivity index (χ1v) is 8.73. The van der Waals surface area contributed by atoms with Gasteiger partial charge in [0.15, 0.2) is 0 Å². The van der Waals surface area contributed by atoms with E-state index in [0.717, 1.165) is 5.57 Å². The van der Waals surface area contributed by atoms with E-state index < -0.39 is 0 Å². The Morgan fingerprint density at radius 1 is 1.00 bits per heavy atom. The Morgan fingerprint density at radius 3 is 2.28 bits per heavy atom. The monoisotopic (exact) mass is 404 g/mol. The Bertz CT molecular complexity index is 822. The van der Waals surface area contributed by atoms with Crippen molar-refractivity contribution in [3.05, 3.63) is 89.0 Å². The molecule has 0 aromatic heterocycles. The van der Waals surface area contributed by atoms with Crippen molar-refractivity contribution in [2.45, 2.75) is 33.6 Å². The van der Waals surface area contributed by atoms with Gasteiger partial charge in [0.05, 0.1) is 0 Å². The number of fused-ring (bicyclic) bond motifs is 1. The fraction of sp³-hybridized carbons (Fsp3) is 0.250. The summed E-state index contributed by atoms with van der Waals surface area (Å²) in [6.45, 7) is 12.9. The second kappa shape index (κ2) is 8.28. The maximum absolute atomic E-state index is 4.10. The van der Waals surface area contributed by atoms with Crippen LogP contribution in [0.5, 0.6) is 0 Å². The third-order valence-corrected chi connectivity index (χ3v) is 4.99. The van der Waals surface area contributed by atoms with Crippen LogP contribution in [0, 0.1) is 5.92 Å². The zero-order valence-electron chi connectivity index (χ0n) is 15.6. The summed E-state index contributed by atoms with van der Waals surface area (Å²) in [5.41, 5.74) is 9.33. The molecule has 1 aliphatic rings. The van der Waals surface area contributed by atoms with Crippen molar-refractivity contribution in [2.24, 2.45) is 5.92 Å². The first kappa shape index (κ1) is 19.9. The minimum atomic E-state index is 0. The van der Waals surface area contributed by atoms with E-state index >= 15 is 0 Å². The number of hydrogen-bond donors (Lipinski definition) is 0. The van der Waals surface area contributed by atoms with Crippen molar-refractivity contribution < 1.29 is 26.2 Å². The Kier molecular flexibility index (Phi) is 6.58. The van der Waals surface area contributed by atoms with Crippen LogP contribution < -0.4 is 0 Å². The molecular weight excluding hydrogens is 379 g/mol. The Labute approximate surface area is 171 Å². The second-order valence-electron chi connectivity index (χ2n) is 7.08. The Balaban J connectivity index is 0.00000225. The third-order valence-electron chi connectivity index (χ3n) is 4.99. The van der Waals surface area contributed by atoms with E-state index in [-0.39, 0.29) is 26.2 Å². The van der Waals surface area contributed by atoms with E-state index in [1.807, 2.05) is 0 Å². The van der Waals surface area contributed by atoms with Gasteiger partial charge in [0.2, 0.25) is 0 Å². The summed E-state index contributed by atoms with van der Waals surface area (Å²) in [5, 5.41) is 0. The molecule has 0 fully saturated rings. The predicted octanol–water partition coefficient (Wildman–Crippen LogP) is 7.01. The zero-order chi connectivity index (χ0) is 17.3. The topological polar surface area (TPSA) is 0 Å². The van der Waals surface area contributed by atoms with Crippen LogP contribution in [0.25, 0.3) is 17.2 Å². The molecule has 3 rings (SSSR count). The van der Waals surface area contributed by atoms with Crippen molar-refractivity contribution in [2.75, 3.05) is 0 Å². The number of benzene rings is 2. The summed E-state index contributed by atoms with van der Waals surface area (Å²) in [5.74, 6) is 0.889. The van der Waals surface area contributed by atoms with Crippen molar-refractivity contribution in [1.29, 1.82) is 0 Å². The molecule has 0 N–H and O–H groups in total. The number of rotatable bonds is 4. The van der Waals surface area contributed by atoms with Crippen LogP contribution in [-0.4, -0.2) is 0 Å². The van der Waals surface area contributed by atoms with Crippen molar-refractivity contribution in [3.8, 4) is 11.1 Å². The van der Waals surface area contributed by atoms with Crippen molar-refractivity contribution in [3.63, 3.8) is 0 Å². The van der Waals surface area contributed by atoms with Crippen LogP contribution in [0.1, 0.15) is 44.7 Å². The van der Waals surface area contributed by atoms with E-state index in [4.69, 9.17) is 0 Å². The largest absolute Gasteiger partial charge is 0.0959 e. The molecule has 1 unspecified atom stereocenters. The number of allylic oxidation sites excluding steroid dienone is 4. The zero-order valence-corrected chi connectivity index (χ0v) is 18.1. The summed E-state index contributed by atoms with van der Waals surface area (Å²) in [6.07, 6.45) is 4.80. The first-order chi connectivity index (χ1) is 11.5. The van der Waals surface area contributed by atoms with Crippen LogP contribution in [-0.2, 0) is 26.2 Å². The van der Waals surface area contributed by atoms with E-state index in [9.17, 15) is 0 Å². The molecule has 0 saturated carbocycles. The number of hydrogen-bond acceptors (Lipinski definition) is 0. The van der Waals surface area contributed by atoms with E-state index in [2.05, 4.69) is 95.0 Å². The van der Waals surface area contributed by atoms with Crippen LogP contribution in [0.4, 0.5) is 0 Å². The van der Waals surface area contributed by atoms with Crippen molar-refractivity contribution in [1.82, 2.24) is 0 Å². The summed E-state index contributed by atoms with van der Waals surface area (Å²) in [7, 11) is 0. The molecule has 126 valence electrons. The molecule has 1 atom stereocenters. The minimum absolute atomic E-state index is 0. The van der Waals surface area contributed by atoms with Crippen LogP contribution in [0.2, 0.25) is 0 Å². The molecule has 25 heavy (non-hydrogen) atoms. The van der Waals surface area contributed by atoms with E-state index in [0.29, 0.717) is 11.8 Å². The molecule has 0 nitrogen and oxygen atoms in total. The van der Waals surface area contributed by atoms with Gasteiger partial charge in [0, 0.05) is 32.1 Å². The van der Waals surface area contributed by atoms with Gasteiger partial charge in [-0.05, 0) is 42.0 Å². The average molecular weight is 406 g/mol. The standard InChI is InChI=1S/C24H26.Zr/c1-16(2)18(5)14-23-21-13-9-12-20(19-10-7-6-8-11-19)24(21)15-22(23)17(3)4;/h6-15,17,23H,1H2,2-5H3;. The van der Waals surface area contributed by atoms with Crippen LogP contribution in [0.3, 0.4) is 0 Å². The summed E-state index contributed by atoms with van der Waals surface area (Å²) < 4.78 is 0. The minimum Gasteiger partial charge on any atom is -0.0959 e. The molecule has 1 aliphatic carbocycles. The van der Waals surface area contributed by atoms with Gasteiger partial charge >= 0.3 is 0 Å². The molecular formula is C24H26Zr. The van der Waals surface area contributed by atoms with Gasteiger partial charge in [0.25, 0.3) is 0 Å². The summed E-state index contributed by atoms with van der Waals surface area (Å²) >= 11 is 0. The molecule has 0 spiro atoms. The maximum atomic E-state index is 4.10. The SMILES string of the molecule is C=C(C)C(C)=CC1C(C(C)C)=Cc2c(-c3ccccc3)cccc21.[Zr]. The van der Waals surface area contributed by atoms with Gasteiger partial charge in [-0.2, -0.15) is 0 Å². The molecule has 0 heterocycles. The fourth-order valence-electron chi connectivity index (χ4n) is 3.42. The van der Waals surface area contributed by atoms with Gasteiger partial charge in [0.1, 0.15) is 0 Å². The maximum Gasteiger partial charge on any atom is 0.0246 e. The normalized spacial score (nSPS) is 16.3. The van der Waals surface area contributed by atoms with Gasteiger partial charge in [-0.25, -0.2) is 0 Å². The van der Waals surface area contributed by atoms with Gasteiger partial charge in [-0.15, -0.1) is 0 Å². The van der Waals surface area contributed by atoms with E-state index in [1.54, 1.807) is 0 Å². The quantitative estimate of drug-likeness (QED) is 0.480. The van der Waals surface area contributed by atoms with Gasteiger partial charge < -0.3 is 0 Å². The molecule has 1 heteroatoms. The van der Waals surface area contributed by atoms with Crippen LogP contribution in [0.15, 0.2) is 77.9 Å². The van der Waals surface area contributed by atoms with Crippen LogP contribution >= 0.6 is 0 Å². The fourth-order valence-corrected chi connectivity index (χ4v) is 3.42. The Hall–Kier alpha value is -1.46. The van der Waals surface area contributed by atoms with Gasteiger partial charge in [-0.1, -0.05) is 97.8 Å². The molecule has 0 radical (unpaired) electrons. The molecule has 0 amide bonds. The summed E-state index contributed by atoms with van der Waals surface area (Å²) in [4.78, 5) is 0. The average Bonchev–Trinajstić information content (AvgIpc) is 2.94. The summed E-state index contributed by atoms with van der Waals surface area (Å²) in [6, 6.07) is 17.4. The second-order valence-corrected chi connectivity index (χ2v) is 7.08. The van der Waals surface area contributed by atoms with Crippen molar-refractivity contribution >= 4 is 6.08 Å². The smallest absolute Gasteiger partial charge is 0.0246 e. The Morgan fingerprint density at radius 2 is 1.68 bits per heavy atom. The molecule has 2 aromatic carbocycles. The van der Waals surface area contributed by atoms with Gasteiger partial charge in [-0.3, -0.25) is 0 Å². The predicted molar refractivity (Wildman–Crippen MR) is 106 cm³/mol. The third kappa shape index (κ3) is 4.04.